The van der Waals surface area contributed by atoms with Gasteiger partial charge in [-0.05, 0) is 49.2 Å². The van der Waals surface area contributed by atoms with Crippen LogP contribution in [-0.4, -0.2) is 75.0 Å². The maximum absolute atomic E-state index is 13.1. The number of ether oxygens (including phenoxy) is 2. The molecule has 0 aromatic heterocycles. The Morgan fingerprint density at radius 1 is 0.810 bits per heavy atom. The van der Waals surface area contributed by atoms with Crippen LogP contribution in [0.1, 0.15) is 25.0 Å². The van der Waals surface area contributed by atoms with Crippen LogP contribution in [0.4, 0.5) is 21.0 Å². The highest BCUT2D eigenvalue weighted by Crippen LogP contribution is 2.48. The maximum atomic E-state index is 13.1. The third-order valence-corrected chi connectivity index (χ3v) is 7.35. The second-order valence-electron chi connectivity index (χ2n) is 8.44. The lowest BCUT2D eigenvalue weighted by molar-refractivity contribution is 0.118. The molecule has 0 aliphatic rings. The molecule has 42 heavy (non-hydrogen) atoms. The summed E-state index contributed by atoms with van der Waals surface area (Å²) in [5, 5.41) is 5.18. The Kier molecular flexibility index (Phi) is 15.5. The lowest BCUT2D eigenvalue weighted by Crippen LogP contribution is -2.34. The molecule has 0 saturated heterocycles. The van der Waals surface area contributed by atoms with Crippen LogP contribution >= 0.6 is 7.60 Å². The molecule has 0 atom stereocenters. The number of nitrogens with one attached hydrogen (secondary N) is 2. The first-order chi connectivity index (χ1) is 20.3. The van der Waals surface area contributed by atoms with Crippen LogP contribution in [0.5, 0.6) is 0 Å². The number of isocyanates is 2. The van der Waals surface area contributed by atoms with Crippen molar-refractivity contribution in [1.82, 2.24) is 4.90 Å². The first kappa shape index (κ1) is 34.1. The van der Waals surface area contributed by atoms with Crippen molar-refractivity contribution < 1.29 is 42.3 Å². The SMILES string of the molecule is CCOP(=O)(CN(CCOC(=O)Nc1cccc(CN=C=O)c1)CCOC(=O)Nc1cccc(CN=C=O)c1)OCC. The molecule has 2 N–H and O–H groups in total. The molecule has 0 radical (unpaired) electrons. The molecular formula is C27H34N5O9P. The Morgan fingerprint density at radius 3 is 1.67 bits per heavy atom. The van der Waals surface area contributed by atoms with E-state index in [2.05, 4.69) is 20.6 Å². The molecule has 0 aliphatic heterocycles. The molecule has 14 nitrogen and oxygen atoms in total. The molecule has 2 aromatic rings. The fourth-order valence-corrected chi connectivity index (χ4v) is 5.39. The van der Waals surface area contributed by atoms with Crippen molar-refractivity contribution in [2.45, 2.75) is 26.9 Å². The van der Waals surface area contributed by atoms with Gasteiger partial charge in [-0.1, -0.05) is 24.3 Å². The molecule has 0 bridgehead atoms. The van der Waals surface area contributed by atoms with Gasteiger partial charge in [0.1, 0.15) is 19.5 Å². The summed E-state index contributed by atoms with van der Waals surface area (Å²) in [7, 11) is -3.50. The predicted molar refractivity (Wildman–Crippen MR) is 154 cm³/mol. The van der Waals surface area contributed by atoms with Gasteiger partial charge in [0, 0.05) is 24.5 Å². The van der Waals surface area contributed by atoms with Gasteiger partial charge in [-0.15, -0.1) is 0 Å². The number of carbonyl (C=O) groups is 2. The molecule has 0 spiro atoms. The zero-order chi connectivity index (χ0) is 30.6. The van der Waals surface area contributed by atoms with Crippen LogP contribution in [0, 0.1) is 0 Å². The van der Waals surface area contributed by atoms with Crippen molar-refractivity contribution in [3.05, 3.63) is 59.7 Å². The second-order valence-corrected chi connectivity index (χ2v) is 10.5. The Morgan fingerprint density at radius 2 is 1.26 bits per heavy atom. The number of amides is 2. The van der Waals surface area contributed by atoms with E-state index in [9.17, 15) is 23.7 Å². The van der Waals surface area contributed by atoms with E-state index in [-0.39, 0.29) is 58.9 Å². The molecule has 2 aromatic carbocycles. The average Bonchev–Trinajstić information content (AvgIpc) is 2.95. The third-order valence-electron chi connectivity index (χ3n) is 5.31. The number of aliphatic imine (C=N–C) groups is 2. The Balaban J connectivity index is 1.93. The summed E-state index contributed by atoms with van der Waals surface area (Å²) < 4.78 is 34.4. The summed E-state index contributed by atoms with van der Waals surface area (Å²) in [5.74, 6) is 0. The van der Waals surface area contributed by atoms with Crippen molar-refractivity contribution in [2.75, 3.05) is 56.4 Å². The van der Waals surface area contributed by atoms with Gasteiger partial charge in [-0.3, -0.25) is 20.1 Å². The van der Waals surface area contributed by atoms with Crippen LogP contribution < -0.4 is 10.6 Å². The zero-order valence-electron chi connectivity index (χ0n) is 23.4. The number of hydrogen-bond acceptors (Lipinski definition) is 12. The van der Waals surface area contributed by atoms with E-state index in [4.69, 9.17) is 18.5 Å². The van der Waals surface area contributed by atoms with Gasteiger partial charge in [0.05, 0.1) is 26.3 Å². The fourth-order valence-electron chi connectivity index (χ4n) is 3.60. The molecule has 0 saturated carbocycles. The van der Waals surface area contributed by atoms with E-state index >= 15 is 0 Å². The molecule has 0 heterocycles. The van der Waals surface area contributed by atoms with E-state index in [1.807, 2.05) is 0 Å². The van der Waals surface area contributed by atoms with Crippen molar-refractivity contribution in [1.29, 1.82) is 0 Å². The van der Waals surface area contributed by atoms with Crippen molar-refractivity contribution in [2.24, 2.45) is 9.98 Å². The molecule has 15 heteroatoms. The smallest absolute Gasteiger partial charge is 0.411 e. The van der Waals surface area contributed by atoms with Gasteiger partial charge in [0.15, 0.2) is 0 Å². The van der Waals surface area contributed by atoms with E-state index < -0.39 is 19.8 Å². The minimum Gasteiger partial charge on any atom is -0.448 e. The standard InChI is InChI=1S/C27H34N5O9P/c1-3-40-42(37,41-4-2)21-32(11-13-38-26(35)30-24-9-5-7-22(15-24)17-28-19-33)12-14-39-27(36)31-25-10-6-8-23(16-25)18-29-20-34/h5-10,15-16H,3-4,11-14,17-18,21H2,1-2H3,(H,30,35)(H,31,36). The van der Waals surface area contributed by atoms with Crippen LogP contribution in [0.15, 0.2) is 58.5 Å². The van der Waals surface area contributed by atoms with E-state index in [1.165, 1.54) is 12.2 Å². The van der Waals surface area contributed by atoms with Gasteiger partial charge in [-0.2, -0.15) is 0 Å². The first-order valence-electron chi connectivity index (χ1n) is 13.0. The number of anilines is 2. The van der Waals surface area contributed by atoms with Crippen LogP contribution in [0.25, 0.3) is 0 Å². The summed E-state index contributed by atoms with van der Waals surface area (Å²) in [4.78, 5) is 54.0. The molecule has 0 aliphatic carbocycles. The lowest BCUT2D eigenvalue weighted by atomic mass is 10.2. The topological polar surface area (TPSA) is 174 Å². The Labute approximate surface area is 243 Å². The normalized spacial score (nSPS) is 10.7. The minimum atomic E-state index is -3.50. The summed E-state index contributed by atoms with van der Waals surface area (Å²) >= 11 is 0. The molecule has 2 amide bonds. The van der Waals surface area contributed by atoms with E-state index in [1.54, 1.807) is 67.3 Å². The van der Waals surface area contributed by atoms with Gasteiger partial charge < -0.3 is 18.5 Å². The predicted octanol–water partition coefficient (Wildman–Crippen LogP) is 4.68. The second kappa shape index (κ2) is 19.1. The first-order valence-corrected chi connectivity index (χ1v) is 14.8. The Bertz CT molecular complexity index is 1220. The van der Waals surface area contributed by atoms with Crippen LogP contribution in [0.3, 0.4) is 0 Å². The van der Waals surface area contributed by atoms with E-state index in [0.717, 1.165) is 0 Å². The largest absolute Gasteiger partial charge is 0.448 e. The number of benzene rings is 2. The Hall–Kier alpha value is -4.15. The summed E-state index contributed by atoms with van der Waals surface area (Å²) in [6.07, 6.45) is 1.36. The molecule has 0 unspecified atom stereocenters. The fraction of sp³-hybridized carbons (Fsp3) is 0.407. The third kappa shape index (κ3) is 13.5. The van der Waals surface area contributed by atoms with Gasteiger partial charge >= 0.3 is 19.8 Å². The highest BCUT2D eigenvalue weighted by molar-refractivity contribution is 7.53. The van der Waals surface area contributed by atoms with Crippen LogP contribution in [-0.2, 0) is 45.8 Å². The zero-order valence-corrected chi connectivity index (χ0v) is 24.3. The number of rotatable bonds is 18. The molecule has 226 valence electrons. The molecular weight excluding hydrogens is 569 g/mol. The molecule has 0 fully saturated rings. The maximum Gasteiger partial charge on any atom is 0.411 e. The number of nitrogens with zero attached hydrogens (tertiary/aromatic N) is 3. The molecule has 2 rings (SSSR count). The van der Waals surface area contributed by atoms with Crippen molar-refractivity contribution in [3.63, 3.8) is 0 Å². The minimum absolute atomic E-state index is 0.0819. The monoisotopic (exact) mass is 603 g/mol. The summed E-state index contributed by atoms with van der Waals surface area (Å²) in [6, 6.07) is 13.5. The summed E-state index contributed by atoms with van der Waals surface area (Å²) in [5.41, 5.74) is 2.31. The number of hydrogen-bond donors (Lipinski definition) is 2. The quantitative estimate of drug-likeness (QED) is 0.138. The van der Waals surface area contributed by atoms with Gasteiger partial charge in [0.25, 0.3) is 0 Å². The highest BCUT2D eigenvalue weighted by Gasteiger charge is 2.27. The average molecular weight is 604 g/mol. The van der Waals surface area contributed by atoms with Crippen LogP contribution in [0.2, 0.25) is 0 Å². The van der Waals surface area contributed by atoms with Gasteiger partial charge in [-0.25, -0.2) is 29.2 Å². The highest BCUT2D eigenvalue weighted by atomic mass is 31.2. The lowest BCUT2D eigenvalue weighted by Gasteiger charge is -2.26. The van der Waals surface area contributed by atoms with E-state index in [0.29, 0.717) is 22.5 Å². The van der Waals surface area contributed by atoms with Crippen molar-refractivity contribution >= 4 is 43.3 Å². The number of carbonyl (C=O) groups excluding carboxylic acids is 4. The summed E-state index contributed by atoms with van der Waals surface area (Å²) in [6.45, 7) is 4.08. The van der Waals surface area contributed by atoms with Crippen molar-refractivity contribution in [3.8, 4) is 0 Å². The van der Waals surface area contributed by atoms with Gasteiger partial charge in [0.2, 0.25) is 12.2 Å².